The molecule has 2 rings (SSSR count). The SMILES string of the molecule is COc1ccc(NC(=O)CCCCCCN)cc1S(=O)(=O)NC1CC1.Cl. The third-order valence-corrected chi connectivity index (χ3v) is 5.54. The van der Waals surface area contributed by atoms with Gasteiger partial charge in [0.25, 0.3) is 0 Å². The van der Waals surface area contributed by atoms with Gasteiger partial charge in [-0.2, -0.15) is 0 Å². The summed E-state index contributed by atoms with van der Waals surface area (Å²) in [6.07, 6.45) is 5.83. The van der Waals surface area contributed by atoms with Crippen LogP contribution in [0.2, 0.25) is 0 Å². The second-order valence-electron chi connectivity index (χ2n) is 6.26. The van der Waals surface area contributed by atoms with Crippen molar-refractivity contribution in [3.63, 3.8) is 0 Å². The first-order chi connectivity index (χ1) is 12.0. The maximum Gasteiger partial charge on any atom is 0.244 e. The fourth-order valence-electron chi connectivity index (χ4n) is 2.46. The van der Waals surface area contributed by atoms with Crippen molar-refractivity contribution in [1.82, 2.24) is 4.72 Å². The molecule has 0 spiro atoms. The highest BCUT2D eigenvalue weighted by molar-refractivity contribution is 7.89. The molecule has 1 fully saturated rings. The van der Waals surface area contributed by atoms with Gasteiger partial charge >= 0.3 is 0 Å². The van der Waals surface area contributed by atoms with Crippen molar-refractivity contribution in [3.05, 3.63) is 18.2 Å². The largest absolute Gasteiger partial charge is 0.495 e. The van der Waals surface area contributed by atoms with Crippen LogP contribution in [-0.2, 0) is 14.8 Å². The van der Waals surface area contributed by atoms with Crippen molar-refractivity contribution in [1.29, 1.82) is 0 Å². The molecule has 9 heteroatoms. The zero-order valence-electron chi connectivity index (χ0n) is 15.0. The second kappa shape index (κ2) is 10.7. The molecule has 0 aliphatic heterocycles. The average molecular weight is 406 g/mol. The first kappa shape index (κ1) is 22.7. The number of nitrogens with one attached hydrogen (secondary N) is 2. The Bertz CT molecular complexity index is 693. The van der Waals surface area contributed by atoms with Crippen molar-refractivity contribution in [2.24, 2.45) is 5.73 Å². The Labute approximate surface area is 161 Å². The number of halogens is 1. The lowest BCUT2D eigenvalue weighted by Crippen LogP contribution is -2.26. The lowest BCUT2D eigenvalue weighted by molar-refractivity contribution is -0.116. The van der Waals surface area contributed by atoms with E-state index >= 15 is 0 Å². The number of methoxy groups -OCH3 is 1. The number of anilines is 1. The summed E-state index contributed by atoms with van der Waals surface area (Å²) in [4.78, 5) is 12.1. The first-order valence-corrected chi connectivity index (χ1v) is 10.1. The molecule has 0 aromatic heterocycles. The zero-order valence-corrected chi connectivity index (χ0v) is 16.6. The van der Waals surface area contributed by atoms with Crippen LogP contribution in [0.3, 0.4) is 0 Å². The standard InChI is InChI=1S/C17H27N3O4S.ClH/c1-24-15-10-9-14(19-17(21)6-4-2-3-5-11-18)12-16(15)25(22,23)20-13-7-8-13;/h9-10,12-13,20H,2-8,11,18H2,1H3,(H,19,21);1H. The summed E-state index contributed by atoms with van der Waals surface area (Å²) >= 11 is 0. The number of hydrogen-bond acceptors (Lipinski definition) is 5. The Morgan fingerprint density at radius 1 is 1.23 bits per heavy atom. The molecule has 0 radical (unpaired) electrons. The van der Waals surface area contributed by atoms with Gasteiger partial charge in [0.2, 0.25) is 15.9 Å². The number of unbranched alkanes of at least 4 members (excludes halogenated alkanes) is 3. The summed E-state index contributed by atoms with van der Waals surface area (Å²) in [5, 5.41) is 2.75. The van der Waals surface area contributed by atoms with Crippen LogP contribution < -0.4 is 20.5 Å². The Kier molecular flexibility index (Phi) is 9.35. The van der Waals surface area contributed by atoms with Gasteiger partial charge in [-0.05, 0) is 50.4 Å². The van der Waals surface area contributed by atoms with Gasteiger partial charge in [0.1, 0.15) is 10.6 Å². The quantitative estimate of drug-likeness (QED) is 0.489. The van der Waals surface area contributed by atoms with Crippen LogP contribution in [0.1, 0.15) is 44.9 Å². The third kappa shape index (κ3) is 7.11. The number of benzene rings is 1. The van der Waals surface area contributed by atoms with Gasteiger partial charge in [-0.15, -0.1) is 12.4 Å². The van der Waals surface area contributed by atoms with Crippen LogP contribution in [0.15, 0.2) is 23.1 Å². The molecule has 0 atom stereocenters. The number of rotatable bonds is 11. The van der Waals surface area contributed by atoms with E-state index < -0.39 is 10.0 Å². The Hall–Kier alpha value is -1.35. The van der Waals surface area contributed by atoms with E-state index in [0.717, 1.165) is 38.5 Å². The highest BCUT2D eigenvalue weighted by atomic mass is 35.5. The highest BCUT2D eigenvalue weighted by Crippen LogP contribution is 2.29. The Balaban J connectivity index is 0.00000338. The summed E-state index contributed by atoms with van der Waals surface area (Å²) in [7, 11) is -2.24. The smallest absolute Gasteiger partial charge is 0.244 e. The molecule has 1 aliphatic rings. The number of carbonyl (C=O) groups excluding carboxylic acids is 1. The monoisotopic (exact) mass is 405 g/mol. The minimum absolute atomic E-state index is 0. The molecular formula is C17H28ClN3O4S. The van der Waals surface area contributed by atoms with E-state index in [0.29, 0.717) is 18.7 Å². The topological polar surface area (TPSA) is 111 Å². The van der Waals surface area contributed by atoms with Crippen molar-refractivity contribution in [2.45, 2.75) is 55.9 Å². The maximum absolute atomic E-state index is 12.5. The second-order valence-corrected chi connectivity index (χ2v) is 7.94. The molecule has 0 heterocycles. The number of amides is 1. The van der Waals surface area contributed by atoms with Crippen molar-refractivity contribution >= 4 is 34.0 Å². The molecule has 1 amide bonds. The molecule has 4 N–H and O–H groups in total. The van der Waals surface area contributed by atoms with Crippen LogP contribution in [0, 0.1) is 0 Å². The van der Waals surface area contributed by atoms with Gasteiger partial charge in [-0.1, -0.05) is 12.8 Å². The Morgan fingerprint density at radius 2 is 1.92 bits per heavy atom. The van der Waals surface area contributed by atoms with E-state index in [1.807, 2.05) is 0 Å². The van der Waals surface area contributed by atoms with Crippen LogP contribution in [0.25, 0.3) is 0 Å². The van der Waals surface area contributed by atoms with Gasteiger partial charge < -0.3 is 15.8 Å². The third-order valence-electron chi connectivity index (χ3n) is 3.99. The van der Waals surface area contributed by atoms with Crippen LogP contribution in [0.5, 0.6) is 5.75 Å². The van der Waals surface area contributed by atoms with Crippen molar-refractivity contribution < 1.29 is 17.9 Å². The number of hydrogen-bond donors (Lipinski definition) is 3. The van der Waals surface area contributed by atoms with Gasteiger partial charge in [-0.25, -0.2) is 13.1 Å². The zero-order chi connectivity index (χ0) is 18.3. The number of sulfonamides is 1. The highest BCUT2D eigenvalue weighted by Gasteiger charge is 2.30. The fraction of sp³-hybridized carbons (Fsp3) is 0.588. The lowest BCUT2D eigenvalue weighted by Gasteiger charge is -2.13. The summed E-state index contributed by atoms with van der Waals surface area (Å²) in [5.74, 6) is 0.129. The summed E-state index contributed by atoms with van der Waals surface area (Å²) < 4.78 is 32.7. The molecule has 26 heavy (non-hydrogen) atoms. The molecule has 0 unspecified atom stereocenters. The van der Waals surface area contributed by atoms with Gasteiger partial charge in [0.05, 0.1) is 7.11 Å². The number of carbonyl (C=O) groups is 1. The minimum atomic E-state index is -3.66. The van der Waals surface area contributed by atoms with Crippen LogP contribution >= 0.6 is 12.4 Å². The minimum Gasteiger partial charge on any atom is -0.495 e. The van der Waals surface area contributed by atoms with Crippen LogP contribution in [-0.4, -0.2) is 34.0 Å². The van der Waals surface area contributed by atoms with Crippen molar-refractivity contribution in [3.8, 4) is 5.75 Å². The predicted molar refractivity (Wildman–Crippen MR) is 104 cm³/mol. The Morgan fingerprint density at radius 3 is 2.54 bits per heavy atom. The molecule has 148 valence electrons. The molecule has 7 nitrogen and oxygen atoms in total. The first-order valence-electron chi connectivity index (χ1n) is 8.66. The summed E-state index contributed by atoms with van der Waals surface area (Å²) in [6.45, 7) is 0.671. The van der Waals surface area contributed by atoms with E-state index in [1.165, 1.54) is 13.2 Å². The normalized spacial score (nSPS) is 13.8. The van der Waals surface area contributed by atoms with Crippen molar-refractivity contribution in [2.75, 3.05) is 19.0 Å². The predicted octanol–water partition coefficient (Wildman–Crippen LogP) is 2.41. The van der Waals surface area contributed by atoms with E-state index in [4.69, 9.17) is 10.5 Å². The molecule has 1 aromatic carbocycles. The molecular weight excluding hydrogens is 378 g/mol. The average Bonchev–Trinajstić information content (AvgIpc) is 3.38. The summed E-state index contributed by atoms with van der Waals surface area (Å²) in [5.41, 5.74) is 5.88. The molecule has 1 aromatic rings. The van der Waals surface area contributed by atoms with E-state index in [1.54, 1.807) is 12.1 Å². The fourth-order valence-corrected chi connectivity index (χ4v) is 3.96. The molecule has 0 bridgehead atoms. The molecule has 0 saturated heterocycles. The van der Waals surface area contributed by atoms with Gasteiger partial charge in [-0.3, -0.25) is 4.79 Å². The molecule has 1 aliphatic carbocycles. The van der Waals surface area contributed by atoms with Gasteiger partial charge in [0.15, 0.2) is 0 Å². The maximum atomic E-state index is 12.5. The number of nitrogens with two attached hydrogens (primary N) is 1. The van der Waals surface area contributed by atoms with Crippen LogP contribution in [0.4, 0.5) is 5.69 Å². The lowest BCUT2D eigenvalue weighted by atomic mass is 10.1. The van der Waals surface area contributed by atoms with E-state index in [-0.39, 0.29) is 35.0 Å². The van der Waals surface area contributed by atoms with E-state index in [9.17, 15) is 13.2 Å². The van der Waals surface area contributed by atoms with Gasteiger partial charge in [0, 0.05) is 18.2 Å². The molecule has 1 saturated carbocycles. The summed E-state index contributed by atoms with van der Waals surface area (Å²) in [6, 6.07) is 4.64. The van der Waals surface area contributed by atoms with E-state index in [2.05, 4.69) is 10.0 Å². The number of ether oxygens (including phenoxy) is 1.